The summed E-state index contributed by atoms with van der Waals surface area (Å²) in [5.74, 6) is 0.879. The molecule has 1 aliphatic heterocycles. The zero-order chi connectivity index (χ0) is 15.6. The fourth-order valence-electron chi connectivity index (χ4n) is 2.25. The molecule has 1 fully saturated rings. The first-order valence-corrected chi connectivity index (χ1v) is 7.17. The number of hydrogen-bond donors (Lipinski definition) is 1. The molecule has 1 aromatic rings. The minimum absolute atomic E-state index is 0.244. The van der Waals surface area contributed by atoms with Gasteiger partial charge in [-0.3, -0.25) is 0 Å². The normalized spacial score (nSPS) is 15.4. The van der Waals surface area contributed by atoms with Crippen LogP contribution in [0.4, 0.5) is 10.5 Å². The van der Waals surface area contributed by atoms with Crippen LogP contribution in [0.2, 0.25) is 0 Å². The summed E-state index contributed by atoms with van der Waals surface area (Å²) < 4.78 is 10.6. The summed E-state index contributed by atoms with van der Waals surface area (Å²) in [6.45, 7) is 8.97. The summed E-state index contributed by atoms with van der Waals surface area (Å²) in [7, 11) is 1.67. The maximum absolute atomic E-state index is 11.8. The number of hydrogen-bond acceptors (Lipinski definition) is 4. The topological polar surface area (TPSA) is 50.8 Å². The van der Waals surface area contributed by atoms with Gasteiger partial charge in [0.2, 0.25) is 0 Å². The monoisotopic (exact) mass is 292 g/mol. The molecule has 1 amide bonds. The van der Waals surface area contributed by atoms with Crippen LogP contribution in [0.3, 0.4) is 0 Å². The zero-order valence-corrected chi connectivity index (χ0v) is 13.4. The second kappa shape index (κ2) is 5.84. The molecule has 1 N–H and O–H groups in total. The molecule has 0 aliphatic carbocycles. The van der Waals surface area contributed by atoms with E-state index in [-0.39, 0.29) is 12.1 Å². The molecular weight excluding hydrogens is 268 g/mol. The highest BCUT2D eigenvalue weighted by molar-refractivity contribution is 5.69. The van der Waals surface area contributed by atoms with Crippen LogP contribution in [0, 0.1) is 6.92 Å². The van der Waals surface area contributed by atoms with Gasteiger partial charge in [-0.2, -0.15) is 0 Å². The van der Waals surface area contributed by atoms with E-state index in [9.17, 15) is 4.79 Å². The Kier molecular flexibility index (Phi) is 4.30. The number of nitrogens with zero attached hydrogens (tertiary/aromatic N) is 1. The minimum atomic E-state index is -0.442. The number of benzene rings is 1. The molecule has 0 radical (unpaired) electrons. The van der Waals surface area contributed by atoms with Gasteiger partial charge in [-0.1, -0.05) is 0 Å². The number of carbonyl (C=O) groups excluding carboxylic acids is 1. The van der Waals surface area contributed by atoms with Crippen molar-refractivity contribution >= 4 is 11.8 Å². The van der Waals surface area contributed by atoms with E-state index in [1.165, 1.54) is 0 Å². The lowest BCUT2D eigenvalue weighted by molar-refractivity contribution is 0.0105. The smallest absolute Gasteiger partial charge is 0.410 e. The van der Waals surface area contributed by atoms with Crippen LogP contribution < -0.4 is 10.1 Å². The van der Waals surface area contributed by atoms with Crippen LogP contribution in [0.15, 0.2) is 18.2 Å². The molecule has 2 rings (SSSR count). The van der Waals surface area contributed by atoms with Gasteiger partial charge in [0.25, 0.3) is 0 Å². The Balaban J connectivity index is 1.83. The molecule has 21 heavy (non-hydrogen) atoms. The highest BCUT2D eigenvalue weighted by Gasteiger charge is 2.33. The molecule has 0 saturated carbocycles. The highest BCUT2D eigenvalue weighted by Crippen LogP contribution is 2.24. The Labute approximate surface area is 126 Å². The highest BCUT2D eigenvalue weighted by atomic mass is 16.6. The molecule has 0 atom stereocenters. The second-order valence-corrected chi connectivity index (χ2v) is 6.41. The van der Waals surface area contributed by atoms with Gasteiger partial charge < -0.3 is 19.7 Å². The Morgan fingerprint density at radius 2 is 2.00 bits per heavy atom. The number of anilines is 1. The molecule has 5 nitrogen and oxygen atoms in total. The number of amides is 1. The van der Waals surface area contributed by atoms with E-state index in [2.05, 4.69) is 11.4 Å². The first-order chi connectivity index (χ1) is 9.78. The van der Waals surface area contributed by atoms with E-state index in [1.54, 1.807) is 12.0 Å². The van der Waals surface area contributed by atoms with Crippen molar-refractivity contribution in [1.29, 1.82) is 0 Å². The molecular formula is C16H24N2O3. The van der Waals surface area contributed by atoms with E-state index in [4.69, 9.17) is 9.47 Å². The molecule has 1 saturated heterocycles. The Morgan fingerprint density at radius 3 is 2.52 bits per heavy atom. The molecule has 0 bridgehead atoms. The van der Waals surface area contributed by atoms with Crippen molar-refractivity contribution in [3.63, 3.8) is 0 Å². The van der Waals surface area contributed by atoms with Gasteiger partial charge in [0.1, 0.15) is 11.4 Å². The van der Waals surface area contributed by atoms with Gasteiger partial charge in [0.15, 0.2) is 0 Å². The second-order valence-electron chi connectivity index (χ2n) is 6.41. The van der Waals surface area contributed by atoms with Crippen molar-refractivity contribution in [3.05, 3.63) is 23.8 Å². The molecule has 0 unspecified atom stereocenters. The Morgan fingerprint density at radius 1 is 1.33 bits per heavy atom. The fourth-order valence-corrected chi connectivity index (χ4v) is 2.25. The molecule has 1 aliphatic rings. The average Bonchev–Trinajstić information content (AvgIpc) is 2.31. The predicted octanol–water partition coefficient (Wildman–Crippen LogP) is 3.03. The van der Waals surface area contributed by atoms with Crippen molar-refractivity contribution in [3.8, 4) is 5.75 Å². The first kappa shape index (κ1) is 15.5. The number of rotatable bonds is 3. The molecule has 1 heterocycles. The van der Waals surface area contributed by atoms with Crippen molar-refractivity contribution in [1.82, 2.24) is 4.90 Å². The number of aryl methyl sites for hydroxylation is 1. The number of nitrogens with one attached hydrogen (secondary N) is 1. The Bertz CT molecular complexity index is 517. The van der Waals surface area contributed by atoms with Crippen LogP contribution in [-0.4, -0.2) is 42.8 Å². The van der Waals surface area contributed by atoms with Crippen LogP contribution >= 0.6 is 0 Å². The molecule has 116 valence electrons. The number of ether oxygens (including phenoxy) is 2. The predicted molar refractivity (Wildman–Crippen MR) is 82.9 cm³/mol. The van der Waals surface area contributed by atoms with Crippen LogP contribution in [0.5, 0.6) is 5.75 Å². The third-order valence-electron chi connectivity index (χ3n) is 3.30. The standard InChI is InChI=1S/C16H24N2O3/c1-11-8-12(6-7-14(11)20-5)17-13-9-18(10-13)15(19)21-16(2,3)4/h6-8,13,17H,9-10H2,1-5H3. The molecule has 5 heteroatoms. The number of methoxy groups -OCH3 is 1. The lowest BCUT2D eigenvalue weighted by Crippen LogP contribution is -2.57. The lowest BCUT2D eigenvalue weighted by atomic mass is 10.1. The summed E-state index contributed by atoms with van der Waals surface area (Å²) >= 11 is 0. The van der Waals surface area contributed by atoms with E-state index in [1.807, 2.05) is 39.8 Å². The van der Waals surface area contributed by atoms with Crippen molar-refractivity contribution < 1.29 is 14.3 Å². The summed E-state index contributed by atoms with van der Waals surface area (Å²) in [6, 6.07) is 6.25. The van der Waals surface area contributed by atoms with Gasteiger partial charge >= 0.3 is 6.09 Å². The van der Waals surface area contributed by atoms with E-state index < -0.39 is 5.60 Å². The Hall–Kier alpha value is -1.91. The lowest BCUT2D eigenvalue weighted by Gasteiger charge is -2.40. The SMILES string of the molecule is COc1ccc(NC2CN(C(=O)OC(C)(C)C)C2)cc1C. The summed E-state index contributed by atoms with van der Waals surface area (Å²) in [5.41, 5.74) is 1.69. The maximum Gasteiger partial charge on any atom is 0.410 e. The number of carbonyl (C=O) groups is 1. The third-order valence-corrected chi connectivity index (χ3v) is 3.30. The van der Waals surface area contributed by atoms with E-state index in [0.717, 1.165) is 17.0 Å². The van der Waals surface area contributed by atoms with Crippen molar-refractivity contribution in [2.75, 3.05) is 25.5 Å². The van der Waals surface area contributed by atoms with Gasteiger partial charge in [0.05, 0.1) is 13.2 Å². The number of likely N-dealkylation sites (tertiary alicyclic amines) is 1. The summed E-state index contributed by atoms with van der Waals surface area (Å²) in [6.07, 6.45) is -0.244. The van der Waals surface area contributed by atoms with Gasteiger partial charge in [-0.25, -0.2) is 4.79 Å². The van der Waals surface area contributed by atoms with Crippen molar-refractivity contribution in [2.24, 2.45) is 0 Å². The minimum Gasteiger partial charge on any atom is -0.496 e. The van der Waals surface area contributed by atoms with E-state index >= 15 is 0 Å². The molecule has 0 spiro atoms. The van der Waals surface area contributed by atoms with Crippen LogP contribution in [-0.2, 0) is 4.74 Å². The van der Waals surface area contributed by atoms with E-state index in [0.29, 0.717) is 13.1 Å². The van der Waals surface area contributed by atoms with Crippen LogP contribution in [0.25, 0.3) is 0 Å². The molecule has 0 aromatic heterocycles. The largest absolute Gasteiger partial charge is 0.496 e. The first-order valence-electron chi connectivity index (χ1n) is 7.17. The van der Waals surface area contributed by atoms with Gasteiger partial charge in [0, 0.05) is 18.8 Å². The summed E-state index contributed by atoms with van der Waals surface area (Å²) in [4.78, 5) is 13.5. The van der Waals surface area contributed by atoms with Gasteiger partial charge in [-0.15, -0.1) is 0 Å². The molecule has 1 aromatic carbocycles. The van der Waals surface area contributed by atoms with Gasteiger partial charge in [-0.05, 0) is 51.5 Å². The zero-order valence-electron chi connectivity index (χ0n) is 13.4. The average molecular weight is 292 g/mol. The fraction of sp³-hybridized carbons (Fsp3) is 0.562. The van der Waals surface area contributed by atoms with Crippen LogP contribution in [0.1, 0.15) is 26.3 Å². The maximum atomic E-state index is 11.8. The van der Waals surface area contributed by atoms with Crippen molar-refractivity contribution in [2.45, 2.75) is 39.3 Å². The summed E-state index contributed by atoms with van der Waals surface area (Å²) in [5, 5.41) is 3.41. The third kappa shape index (κ3) is 4.03. The quantitative estimate of drug-likeness (QED) is 0.930.